The van der Waals surface area contributed by atoms with E-state index in [4.69, 9.17) is 23.4 Å². The fraction of sp³-hybridized carbons (Fsp3) is 0.238. The highest BCUT2D eigenvalue weighted by Gasteiger charge is 2.22. The van der Waals surface area contributed by atoms with E-state index >= 15 is 0 Å². The molecule has 0 saturated carbocycles. The summed E-state index contributed by atoms with van der Waals surface area (Å²) in [6, 6.07) is 7.93. The van der Waals surface area contributed by atoms with Gasteiger partial charge in [-0.2, -0.15) is 0 Å². The summed E-state index contributed by atoms with van der Waals surface area (Å²) in [5.41, 5.74) is 1.06. The number of halogens is 1. The van der Waals surface area contributed by atoms with Gasteiger partial charge in [-0.3, -0.25) is 0 Å². The predicted molar refractivity (Wildman–Crippen MR) is 109 cm³/mol. The Morgan fingerprint density at radius 3 is 2.38 bits per heavy atom. The summed E-state index contributed by atoms with van der Waals surface area (Å²) < 4.78 is 27.2. The van der Waals surface area contributed by atoms with Crippen LogP contribution >= 0.6 is 15.9 Å². The Morgan fingerprint density at radius 1 is 1.00 bits per heavy atom. The van der Waals surface area contributed by atoms with E-state index in [1.165, 1.54) is 20.3 Å². The van der Waals surface area contributed by atoms with E-state index in [-0.39, 0.29) is 17.9 Å². The van der Waals surface area contributed by atoms with Crippen molar-refractivity contribution in [1.82, 2.24) is 0 Å². The Kier molecular flexibility index (Phi) is 6.12. The van der Waals surface area contributed by atoms with E-state index in [9.17, 15) is 9.59 Å². The minimum Gasteiger partial charge on any atom is -0.493 e. The van der Waals surface area contributed by atoms with Crippen molar-refractivity contribution in [2.75, 3.05) is 20.8 Å². The van der Waals surface area contributed by atoms with Crippen LogP contribution in [-0.2, 0) is 4.74 Å². The topological polar surface area (TPSA) is 84.2 Å². The first-order chi connectivity index (χ1) is 13.9. The standard InChI is InChI=1S/C21H19BrO7/c1-5-27-21(24)19-11(2)28-16-10-14(22)17(9-13(16)19)29-20(23)12-6-7-15(25-3)18(8-12)26-4/h6-10H,5H2,1-4H3. The summed E-state index contributed by atoms with van der Waals surface area (Å²) in [6.45, 7) is 3.64. The highest BCUT2D eigenvalue weighted by atomic mass is 79.9. The maximum atomic E-state index is 12.6. The van der Waals surface area contributed by atoms with E-state index in [1.54, 1.807) is 38.1 Å². The summed E-state index contributed by atoms with van der Waals surface area (Å²) >= 11 is 3.37. The van der Waals surface area contributed by atoms with Gasteiger partial charge in [-0.1, -0.05) is 0 Å². The van der Waals surface area contributed by atoms with Crippen molar-refractivity contribution in [2.45, 2.75) is 13.8 Å². The molecule has 0 saturated heterocycles. The van der Waals surface area contributed by atoms with Gasteiger partial charge in [-0.05, 0) is 60.1 Å². The SMILES string of the molecule is CCOC(=O)c1c(C)oc2cc(Br)c(OC(=O)c3ccc(OC)c(OC)c3)cc12. The quantitative estimate of drug-likeness (QED) is 0.379. The zero-order chi connectivity index (χ0) is 21.1. The smallest absolute Gasteiger partial charge is 0.343 e. The third-order valence-corrected chi connectivity index (χ3v) is 4.84. The molecule has 0 radical (unpaired) electrons. The van der Waals surface area contributed by atoms with E-state index in [1.807, 2.05) is 0 Å². The second-order valence-corrected chi connectivity index (χ2v) is 6.85. The van der Waals surface area contributed by atoms with Crippen molar-refractivity contribution in [3.8, 4) is 17.2 Å². The number of esters is 2. The average molecular weight is 463 g/mol. The molecule has 0 aliphatic heterocycles. The Bertz CT molecular complexity index is 1080. The first-order valence-electron chi connectivity index (χ1n) is 8.73. The number of hydrogen-bond donors (Lipinski definition) is 0. The van der Waals surface area contributed by atoms with Crippen LogP contribution in [-0.4, -0.2) is 32.8 Å². The zero-order valence-electron chi connectivity index (χ0n) is 16.3. The van der Waals surface area contributed by atoms with Gasteiger partial charge in [0.1, 0.15) is 22.7 Å². The molecule has 3 rings (SSSR count). The molecule has 1 heterocycles. The van der Waals surface area contributed by atoms with Crippen molar-refractivity contribution in [1.29, 1.82) is 0 Å². The van der Waals surface area contributed by atoms with Crippen molar-refractivity contribution in [3.63, 3.8) is 0 Å². The normalized spacial score (nSPS) is 10.7. The molecule has 0 spiro atoms. The summed E-state index contributed by atoms with van der Waals surface area (Å²) in [5.74, 6) is 0.482. The monoisotopic (exact) mass is 462 g/mol. The molecule has 2 aromatic carbocycles. The van der Waals surface area contributed by atoms with Crippen LogP contribution in [0.4, 0.5) is 0 Å². The van der Waals surface area contributed by atoms with E-state index in [0.717, 1.165) is 0 Å². The van der Waals surface area contributed by atoms with Gasteiger partial charge in [0.25, 0.3) is 0 Å². The minimum atomic E-state index is -0.594. The summed E-state index contributed by atoms with van der Waals surface area (Å²) in [5, 5.41) is 0.499. The lowest BCUT2D eigenvalue weighted by Crippen LogP contribution is -2.09. The van der Waals surface area contributed by atoms with E-state index < -0.39 is 11.9 Å². The van der Waals surface area contributed by atoms with Gasteiger partial charge in [0.2, 0.25) is 0 Å². The maximum absolute atomic E-state index is 12.6. The summed E-state index contributed by atoms with van der Waals surface area (Å²) in [7, 11) is 2.99. The molecule has 0 fully saturated rings. The molecule has 0 aliphatic rings. The fourth-order valence-electron chi connectivity index (χ4n) is 2.88. The number of methoxy groups -OCH3 is 2. The van der Waals surface area contributed by atoms with Crippen LogP contribution in [0.1, 0.15) is 33.4 Å². The van der Waals surface area contributed by atoms with Crippen molar-refractivity contribution < 1.29 is 33.0 Å². The summed E-state index contributed by atoms with van der Waals surface area (Å²) in [4.78, 5) is 24.9. The van der Waals surface area contributed by atoms with Crippen molar-refractivity contribution >= 4 is 38.8 Å². The molecule has 8 heteroatoms. The molecule has 0 bridgehead atoms. The lowest BCUT2D eigenvalue weighted by Gasteiger charge is -2.10. The lowest BCUT2D eigenvalue weighted by molar-refractivity contribution is 0.0526. The molecular weight excluding hydrogens is 444 g/mol. The maximum Gasteiger partial charge on any atom is 0.343 e. The number of carbonyl (C=O) groups is 2. The average Bonchev–Trinajstić information content (AvgIpc) is 3.02. The number of ether oxygens (including phenoxy) is 4. The van der Waals surface area contributed by atoms with E-state index in [2.05, 4.69) is 15.9 Å². The van der Waals surface area contributed by atoms with Crippen molar-refractivity contribution in [2.24, 2.45) is 0 Å². The van der Waals surface area contributed by atoms with Gasteiger partial charge in [-0.15, -0.1) is 0 Å². The highest BCUT2D eigenvalue weighted by Crippen LogP contribution is 2.36. The van der Waals surface area contributed by atoms with Gasteiger partial charge < -0.3 is 23.4 Å². The fourth-order valence-corrected chi connectivity index (χ4v) is 3.28. The van der Waals surface area contributed by atoms with Gasteiger partial charge >= 0.3 is 11.9 Å². The third kappa shape index (κ3) is 4.07. The number of benzene rings is 2. The number of rotatable bonds is 6. The highest BCUT2D eigenvalue weighted by molar-refractivity contribution is 9.10. The lowest BCUT2D eigenvalue weighted by atomic mass is 10.1. The Balaban J connectivity index is 1.97. The molecule has 0 unspecified atom stereocenters. The van der Waals surface area contributed by atoms with Gasteiger partial charge in [0, 0.05) is 5.39 Å². The first-order valence-corrected chi connectivity index (χ1v) is 9.52. The van der Waals surface area contributed by atoms with Crippen LogP contribution in [0.2, 0.25) is 0 Å². The van der Waals surface area contributed by atoms with Gasteiger partial charge in [-0.25, -0.2) is 9.59 Å². The second kappa shape index (κ2) is 8.57. The molecule has 1 aromatic heterocycles. The number of furan rings is 1. The molecule has 0 atom stereocenters. The number of carbonyl (C=O) groups excluding carboxylic acids is 2. The molecule has 3 aromatic rings. The van der Waals surface area contributed by atoms with Crippen LogP contribution in [0.5, 0.6) is 17.2 Å². The number of aryl methyl sites for hydroxylation is 1. The molecule has 0 amide bonds. The Labute approximate surface area is 175 Å². The number of fused-ring (bicyclic) bond motifs is 1. The Hall–Kier alpha value is -3.00. The van der Waals surface area contributed by atoms with Gasteiger partial charge in [0.05, 0.1) is 30.9 Å². The van der Waals surface area contributed by atoms with Crippen LogP contribution in [0.25, 0.3) is 11.0 Å². The second-order valence-electron chi connectivity index (χ2n) is 5.99. The molecule has 29 heavy (non-hydrogen) atoms. The van der Waals surface area contributed by atoms with Crippen LogP contribution < -0.4 is 14.2 Å². The minimum absolute atomic E-state index is 0.239. The summed E-state index contributed by atoms with van der Waals surface area (Å²) in [6.07, 6.45) is 0. The van der Waals surface area contributed by atoms with Gasteiger partial charge in [0.15, 0.2) is 11.5 Å². The first kappa shape index (κ1) is 20.7. The zero-order valence-corrected chi connectivity index (χ0v) is 17.9. The van der Waals surface area contributed by atoms with E-state index in [0.29, 0.717) is 38.3 Å². The molecular formula is C21H19BrO7. The van der Waals surface area contributed by atoms with Crippen LogP contribution in [0.3, 0.4) is 0 Å². The number of hydrogen-bond acceptors (Lipinski definition) is 7. The third-order valence-electron chi connectivity index (χ3n) is 4.22. The van der Waals surface area contributed by atoms with Crippen molar-refractivity contribution in [3.05, 3.63) is 51.7 Å². The molecule has 7 nitrogen and oxygen atoms in total. The predicted octanol–water partition coefficient (Wildman–Crippen LogP) is 4.92. The molecule has 152 valence electrons. The van der Waals surface area contributed by atoms with Crippen LogP contribution in [0.15, 0.2) is 39.2 Å². The molecule has 0 N–H and O–H groups in total. The Morgan fingerprint density at radius 2 is 1.72 bits per heavy atom. The largest absolute Gasteiger partial charge is 0.493 e. The molecule has 0 aliphatic carbocycles. The van der Waals surface area contributed by atoms with Crippen LogP contribution in [0, 0.1) is 6.92 Å².